The second-order valence-electron chi connectivity index (χ2n) is 6.82. The van der Waals surface area contributed by atoms with Crippen LogP contribution in [0.2, 0.25) is 0 Å². The summed E-state index contributed by atoms with van der Waals surface area (Å²) in [6.07, 6.45) is 8.25. The number of hydrogen-bond donors (Lipinski definition) is 1. The molecule has 130 valence electrons. The fourth-order valence-corrected chi connectivity index (χ4v) is 3.39. The van der Waals surface area contributed by atoms with E-state index in [1.54, 1.807) is 0 Å². The second kappa shape index (κ2) is 8.89. The van der Waals surface area contributed by atoms with Crippen molar-refractivity contribution in [1.82, 2.24) is 0 Å². The number of esters is 1. The molecule has 0 amide bonds. The Balaban J connectivity index is 1.89. The summed E-state index contributed by atoms with van der Waals surface area (Å²) in [4.78, 5) is 11.8. The molecule has 1 saturated carbocycles. The molecule has 1 aliphatic carbocycles. The minimum Gasteiger partial charge on any atom is -0.468 e. The van der Waals surface area contributed by atoms with E-state index in [2.05, 4.69) is 43.0 Å². The lowest BCUT2D eigenvalue weighted by atomic mass is 9.92. The molecule has 1 aromatic carbocycles. The Kier molecular flexibility index (Phi) is 6.87. The molecule has 0 bridgehead atoms. The summed E-state index contributed by atoms with van der Waals surface area (Å²) in [5.74, 6) is 6.52. The summed E-state index contributed by atoms with van der Waals surface area (Å²) in [5, 5.41) is 0. The Morgan fingerprint density at radius 2 is 2.04 bits per heavy atom. The van der Waals surface area contributed by atoms with Crippen LogP contribution < -0.4 is 5.73 Å². The van der Waals surface area contributed by atoms with E-state index in [0.717, 1.165) is 18.4 Å². The molecular weight excluding hydrogens is 298 g/mol. The van der Waals surface area contributed by atoms with Gasteiger partial charge in [0, 0.05) is 12.0 Å². The molecule has 0 spiro atoms. The maximum Gasteiger partial charge on any atom is 0.325 e. The van der Waals surface area contributed by atoms with Gasteiger partial charge in [-0.3, -0.25) is 4.79 Å². The van der Waals surface area contributed by atoms with Crippen LogP contribution in [0.3, 0.4) is 0 Å². The van der Waals surface area contributed by atoms with Crippen molar-refractivity contribution in [2.24, 2.45) is 5.73 Å². The van der Waals surface area contributed by atoms with Crippen LogP contribution in [0, 0.1) is 11.8 Å². The van der Waals surface area contributed by atoms with E-state index in [1.807, 2.05) is 0 Å². The molecule has 2 atom stereocenters. The van der Waals surface area contributed by atoms with Gasteiger partial charge >= 0.3 is 5.97 Å². The number of carbonyl (C=O) groups is 1. The van der Waals surface area contributed by atoms with Crippen molar-refractivity contribution in [2.75, 3.05) is 7.11 Å². The first-order valence-electron chi connectivity index (χ1n) is 9.05. The van der Waals surface area contributed by atoms with Crippen LogP contribution in [-0.2, 0) is 9.53 Å². The van der Waals surface area contributed by atoms with E-state index in [-0.39, 0.29) is 5.97 Å². The zero-order valence-corrected chi connectivity index (χ0v) is 14.9. The van der Waals surface area contributed by atoms with Gasteiger partial charge in [0.15, 0.2) is 0 Å². The van der Waals surface area contributed by atoms with E-state index >= 15 is 0 Å². The highest BCUT2D eigenvalue weighted by Crippen LogP contribution is 2.40. The highest BCUT2D eigenvalue weighted by molar-refractivity contribution is 5.81. The van der Waals surface area contributed by atoms with Crippen LogP contribution in [0.5, 0.6) is 0 Å². The van der Waals surface area contributed by atoms with E-state index in [1.165, 1.54) is 38.4 Å². The molecule has 0 radical (unpaired) electrons. The molecule has 2 N–H and O–H groups in total. The van der Waals surface area contributed by atoms with Gasteiger partial charge in [-0.05, 0) is 49.3 Å². The molecule has 1 unspecified atom stereocenters. The molecule has 1 fully saturated rings. The predicted octanol–water partition coefficient (Wildman–Crippen LogP) is 4.15. The fourth-order valence-electron chi connectivity index (χ4n) is 3.39. The first-order valence-corrected chi connectivity index (χ1v) is 9.05. The molecule has 0 aromatic heterocycles. The summed E-state index contributed by atoms with van der Waals surface area (Å²) >= 11 is 0. The third-order valence-electron chi connectivity index (χ3n) is 4.91. The number of methoxy groups -OCH3 is 1. The van der Waals surface area contributed by atoms with Gasteiger partial charge in [-0.25, -0.2) is 0 Å². The van der Waals surface area contributed by atoms with Crippen molar-refractivity contribution in [3.05, 3.63) is 35.4 Å². The molecule has 2 rings (SSSR count). The molecule has 0 aliphatic heterocycles. The maximum atomic E-state index is 11.8. The molecular formula is C21H29NO2. The normalized spacial score (nSPS) is 22.7. The van der Waals surface area contributed by atoms with Gasteiger partial charge in [-0.1, -0.05) is 50.2 Å². The summed E-state index contributed by atoms with van der Waals surface area (Å²) in [6.45, 7) is 2.22. The number of carbonyl (C=O) groups excluding carboxylic acids is 1. The molecule has 0 heterocycles. The first kappa shape index (κ1) is 18.5. The third-order valence-corrected chi connectivity index (χ3v) is 4.91. The number of hydrogen-bond acceptors (Lipinski definition) is 3. The molecule has 0 saturated heterocycles. The quantitative estimate of drug-likeness (QED) is 0.485. The highest BCUT2D eigenvalue weighted by atomic mass is 16.5. The van der Waals surface area contributed by atoms with E-state index in [9.17, 15) is 4.79 Å². The molecule has 24 heavy (non-hydrogen) atoms. The predicted molar refractivity (Wildman–Crippen MR) is 97.6 cm³/mol. The Bertz CT molecular complexity index is 597. The van der Waals surface area contributed by atoms with E-state index in [0.29, 0.717) is 18.8 Å². The number of unbranched alkanes of at least 4 members (excludes halogenated alkanes) is 4. The number of nitrogens with two attached hydrogens (primary N) is 1. The van der Waals surface area contributed by atoms with Crippen molar-refractivity contribution in [3.63, 3.8) is 0 Å². The van der Waals surface area contributed by atoms with Gasteiger partial charge in [0.1, 0.15) is 5.54 Å². The minimum atomic E-state index is -0.823. The number of rotatable bonds is 6. The van der Waals surface area contributed by atoms with Gasteiger partial charge in [-0.2, -0.15) is 0 Å². The lowest BCUT2D eigenvalue weighted by Gasteiger charge is -2.20. The van der Waals surface area contributed by atoms with E-state index < -0.39 is 5.54 Å². The minimum absolute atomic E-state index is 0.296. The monoisotopic (exact) mass is 327 g/mol. The zero-order valence-electron chi connectivity index (χ0n) is 14.9. The fraction of sp³-hybridized carbons (Fsp3) is 0.571. The summed E-state index contributed by atoms with van der Waals surface area (Å²) in [7, 11) is 1.40. The summed E-state index contributed by atoms with van der Waals surface area (Å²) in [5.41, 5.74) is 7.66. The van der Waals surface area contributed by atoms with Crippen LogP contribution >= 0.6 is 0 Å². The van der Waals surface area contributed by atoms with Gasteiger partial charge in [-0.15, -0.1) is 0 Å². The van der Waals surface area contributed by atoms with Gasteiger partial charge in [0.25, 0.3) is 0 Å². The average Bonchev–Trinajstić information content (AvgIpc) is 3.01. The lowest BCUT2D eigenvalue weighted by molar-refractivity contribution is -0.146. The van der Waals surface area contributed by atoms with Crippen molar-refractivity contribution in [2.45, 2.75) is 69.7 Å². The Hall–Kier alpha value is -1.79. The van der Waals surface area contributed by atoms with Crippen LogP contribution in [0.1, 0.15) is 75.3 Å². The smallest absolute Gasteiger partial charge is 0.325 e. The van der Waals surface area contributed by atoms with E-state index in [4.69, 9.17) is 10.5 Å². The lowest BCUT2D eigenvalue weighted by Crippen LogP contribution is -2.46. The van der Waals surface area contributed by atoms with Gasteiger partial charge in [0.05, 0.1) is 7.11 Å². The SMILES string of the molecule is CCCCCCC#Cc1ccc([C@H]2CCC(N)(C(=O)OC)C2)cc1. The van der Waals surface area contributed by atoms with Crippen molar-refractivity contribution in [3.8, 4) is 11.8 Å². The maximum absolute atomic E-state index is 11.8. The van der Waals surface area contributed by atoms with Crippen LogP contribution in [-0.4, -0.2) is 18.6 Å². The summed E-state index contributed by atoms with van der Waals surface area (Å²) in [6, 6.07) is 8.38. The van der Waals surface area contributed by atoms with Crippen molar-refractivity contribution >= 4 is 5.97 Å². The zero-order chi connectivity index (χ0) is 17.4. The van der Waals surface area contributed by atoms with Crippen LogP contribution in [0.25, 0.3) is 0 Å². The Morgan fingerprint density at radius 3 is 2.71 bits per heavy atom. The second-order valence-corrected chi connectivity index (χ2v) is 6.82. The van der Waals surface area contributed by atoms with Crippen molar-refractivity contribution < 1.29 is 9.53 Å². The highest BCUT2D eigenvalue weighted by Gasteiger charge is 2.43. The van der Waals surface area contributed by atoms with Gasteiger partial charge in [0.2, 0.25) is 0 Å². The standard InChI is InChI=1S/C21H29NO2/c1-3-4-5-6-7-8-9-17-10-12-18(13-11-17)19-14-15-21(22,16-19)20(23)24-2/h10-13,19H,3-7,14-16,22H2,1-2H3/t19-,21?/m0/s1. The first-order chi connectivity index (χ1) is 11.6. The van der Waals surface area contributed by atoms with Crippen molar-refractivity contribution in [1.29, 1.82) is 0 Å². The molecule has 1 aromatic rings. The Morgan fingerprint density at radius 1 is 1.29 bits per heavy atom. The topological polar surface area (TPSA) is 52.3 Å². The Labute approximate surface area is 146 Å². The molecule has 3 nitrogen and oxygen atoms in total. The summed E-state index contributed by atoms with van der Waals surface area (Å²) < 4.78 is 4.84. The molecule has 3 heteroatoms. The van der Waals surface area contributed by atoms with Crippen LogP contribution in [0.15, 0.2) is 24.3 Å². The largest absolute Gasteiger partial charge is 0.468 e. The van der Waals surface area contributed by atoms with Gasteiger partial charge < -0.3 is 10.5 Å². The third kappa shape index (κ3) is 4.85. The number of ether oxygens (including phenoxy) is 1. The number of benzene rings is 1. The average molecular weight is 327 g/mol. The van der Waals surface area contributed by atoms with Crippen LogP contribution in [0.4, 0.5) is 0 Å². The molecule has 1 aliphatic rings.